The number of likely N-dealkylation sites (N-methyl/N-ethyl adjacent to an activating group) is 1. The minimum absolute atomic E-state index is 0.218. The highest BCUT2D eigenvalue weighted by Crippen LogP contribution is 2.13. The molecule has 0 amide bonds. The highest BCUT2D eigenvalue weighted by atomic mass is 15.1. The molecule has 2 aromatic heterocycles. The predicted octanol–water partition coefficient (Wildman–Crippen LogP) is 2.11. The molecule has 0 fully saturated rings. The first kappa shape index (κ1) is 12.6. The van der Waals surface area contributed by atoms with Crippen molar-refractivity contribution in [1.82, 2.24) is 19.9 Å². The molecule has 0 spiro atoms. The van der Waals surface area contributed by atoms with E-state index in [1.807, 2.05) is 24.4 Å². The predicted molar refractivity (Wildman–Crippen MR) is 71.0 cm³/mol. The number of aromatic nitrogens is 3. The van der Waals surface area contributed by atoms with E-state index in [9.17, 15) is 0 Å². The normalized spacial score (nSPS) is 12.6. The zero-order valence-corrected chi connectivity index (χ0v) is 10.8. The van der Waals surface area contributed by atoms with Crippen LogP contribution in [-0.2, 0) is 6.42 Å². The summed E-state index contributed by atoms with van der Waals surface area (Å²) in [4.78, 5) is 15.1. The van der Waals surface area contributed by atoms with E-state index in [0.29, 0.717) is 0 Å². The lowest BCUT2D eigenvalue weighted by atomic mass is 10.2. The summed E-state index contributed by atoms with van der Waals surface area (Å²) in [6, 6.07) is 8.07. The van der Waals surface area contributed by atoms with Crippen molar-refractivity contribution in [2.45, 2.75) is 19.4 Å². The van der Waals surface area contributed by atoms with Gasteiger partial charge in [-0.05, 0) is 32.2 Å². The lowest BCUT2D eigenvalue weighted by Crippen LogP contribution is -2.26. The molecule has 1 atom stereocenters. The third-order valence-corrected chi connectivity index (χ3v) is 3.07. The number of hydrogen-bond donors (Lipinski definition) is 0. The standard InChI is InChI=1S/C14H18N4/c1-12(14-16-9-5-10-17-14)18(2)11-7-13-6-3-4-8-15-13/h3-6,8-10,12H,7,11H2,1-2H3. The molecule has 0 radical (unpaired) electrons. The average molecular weight is 242 g/mol. The number of nitrogens with zero attached hydrogens (tertiary/aromatic N) is 4. The van der Waals surface area contributed by atoms with Gasteiger partial charge in [-0.25, -0.2) is 9.97 Å². The van der Waals surface area contributed by atoms with E-state index in [2.05, 4.69) is 39.9 Å². The van der Waals surface area contributed by atoms with Gasteiger partial charge in [-0.1, -0.05) is 6.07 Å². The maximum atomic E-state index is 4.32. The van der Waals surface area contributed by atoms with E-state index in [0.717, 1.165) is 24.5 Å². The van der Waals surface area contributed by atoms with Gasteiger partial charge in [0.1, 0.15) is 5.82 Å². The Hall–Kier alpha value is -1.81. The van der Waals surface area contributed by atoms with Crippen molar-refractivity contribution in [2.75, 3.05) is 13.6 Å². The van der Waals surface area contributed by atoms with Gasteiger partial charge in [0.05, 0.1) is 6.04 Å². The molecule has 2 rings (SSSR count). The van der Waals surface area contributed by atoms with Crippen molar-refractivity contribution in [3.8, 4) is 0 Å². The largest absolute Gasteiger partial charge is 0.296 e. The van der Waals surface area contributed by atoms with Crippen LogP contribution in [-0.4, -0.2) is 33.4 Å². The highest BCUT2D eigenvalue weighted by Gasteiger charge is 2.13. The Bertz CT molecular complexity index is 458. The van der Waals surface area contributed by atoms with Gasteiger partial charge in [0.2, 0.25) is 0 Å². The van der Waals surface area contributed by atoms with Gasteiger partial charge in [-0.15, -0.1) is 0 Å². The first-order valence-corrected chi connectivity index (χ1v) is 6.14. The van der Waals surface area contributed by atoms with Crippen LogP contribution in [0.2, 0.25) is 0 Å². The molecule has 4 heteroatoms. The molecule has 4 nitrogen and oxygen atoms in total. The molecule has 0 aliphatic heterocycles. The van der Waals surface area contributed by atoms with Crippen LogP contribution in [0.1, 0.15) is 24.5 Å². The Morgan fingerprint density at radius 3 is 2.44 bits per heavy atom. The summed E-state index contributed by atoms with van der Waals surface area (Å²) >= 11 is 0. The third-order valence-electron chi connectivity index (χ3n) is 3.07. The summed E-state index contributed by atoms with van der Waals surface area (Å²) in [6.45, 7) is 3.06. The maximum Gasteiger partial charge on any atom is 0.144 e. The molecule has 18 heavy (non-hydrogen) atoms. The molecule has 0 bridgehead atoms. The van der Waals surface area contributed by atoms with Crippen LogP contribution in [0.15, 0.2) is 42.9 Å². The molecule has 0 N–H and O–H groups in total. The molecule has 2 heterocycles. The number of rotatable bonds is 5. The topological polar surface area (TPSA) is 41.9 Å². The number of hydrogen-bond acceptors (Lipinski definition) is 4. The summed E-state index contributed by atoms with van der Waals surface area (Å²) < 4.78 is 0. The summed E-state index contributed by atoms with van der Waals surface area (Å²) in [6.07, 6.45) is 6.34. The molecule has 0 aromatic carbocycles. The number of pyridine rings is 1. The fourth-order valence-corrected chi connectivity index (χ4v) is 1.75. The quantitative estimate of drug-likeness (QED) is 0.805. The van der Waals surface area contributed by atoms with Gasteiger partial charge in [-0.2, -0.15) is 0 Å². The minimum atomic E-state index is 0.218. The lowest BCUT2D eigenvalue weighted by molar-refractivity contribution is 0.254. The molecule has 0 aliphatic carbocycles. The third kappa shape index (κ3) is 3.34. The van der Waals surface area contributed by atoms with Crippen molar-refractivity contribution >= 4 is 0 Å². The first-order valence-electron chi connectivity index (χ1n) is 6.14. The SMILES string of the molecule is CC(c1ncccn1)N(C)CCc1ccccn1. The van der Waals surface area contributed by atoms with Gasteiger partial charge in [-0.3, -0.25) is 9.88 Å². The van der Waals surface area contributed by atoms with Gasteiger partial charge in [0, 0.05) is 37.3 Å². The van der Waals surface area contributed by atoms with Gasteiger partial charge in [0.15, 0.2) is 0 Å². The van der Waals surface area contributed by atoms with Crippen molar-refractivity contribution in [3.63, 3.8) is 0 Å². The molecule has 1 unspecified atom stereocenters. The van der Waals surface area contributed by atoms with Crippen molar-refractivity contribution in [3.05, 3.63) is 54.4 Å². The summed E-state index contributed by atoms with van der Waals surface area (Å²) in [5.74, 6) is 0.862. The van der Waals surface area contributed by atoms with Crippen LogP contribution in [0, 0.1) is 0 Å². The Morgan fingerprint density at radius 2 is 1.78 bits per heavy atom. The van der Waals surface area contributed by atoms with E-state index >= 15 is 0 Å². The second kappa shape index (κ2) is 6.21. The molecular weight excluding hydrogens is 224 g/mol. The van der Waals surface area contributed by atoms with E-state index in [1.54, 1.807) is 12.4 Å². The molecule has 94 valence electrons. The minimum Gasteiger partial charge on any atom is -0.296 e. The molecule has 0 saturated heterocycles. The molecule has 0 aliphatic rings. The summed E-state index contributed by atoms with van der Waals surface area (Å²) in [5.41, 5.74) is 1.12. The second-order valence-electron chi connectivity index (χ2n) is 4.33. The average Bonchev–Trinajstić information content (AvgIpc) is 2.46. The van der Waals surface area contributed by atoms with Gasteiger partial charge < -0.3 is 0 Å². The van der Waals surface area contributed by atoms with Crippen molar-refractivity contribution in [1.29, 1.82) is 0 Å². The van der Waals surface area contributed by atoms with Crippen LogP contribution in [0.3, 0.4) is 0 Å². The Morgan fingerprint density at radius 1 is 1.06 bits per heavy atom. The zero-order chi connectivity index (χ0) is 12.8. The smallest absolute Gasteiger partial charge is 0.144 e. The van der Waals surface area contributed by atoms with E-state index in [-0.39, 0.29) is 6.04 Å². The fourth-order valence-electron chi connectivity index (χ4n) is 1.75. The highest BCUT2D eigenvalue weighted by molar-refractivity contribution is 5.04. The molecular formula is C14H18N4. The Labute approximate surface area is 108 Å². The lowest BCUT2D eigenvalue weighted by Gasteiger charge is -2.23. The van der Waals surface area contributed by atoms with E-state index in [1.165, 1.54) is 0 Å². The van der Waals surface area contributed by atoms with Crippen LogP contribution >= 0.6 is 0 Å². The van der Waals surface area contributed by atoms with Crippen LogP contribution in [0.5, 0.6) is 0 Å². The second-order valence-corrected chi connectivity index (χ2v) is 4.33. The summed E-state index contributed by atoms with van der Waals surface area (Å²) in [7, 11) is 2.09. The zero-order valence-electron chi connectivity index (χ0n) is 10.8. The maximum absolute atomic E-state index is 4.32. The Balaban J connectivity index is 1.90. The van der Waals surface area contributed by atoms with E-state index < -0.39 is 0 Å². The summed E-state index contributed by atoms with van der Waals surface area (Å²) in [5, 5.41) is 0. The van der Waals surface area contributed by atoms with Gasteiger partial charge >= 0.3 is 0 Å². The van der Waals surface area contributed by atoms with Crippen LogP contribution in [0.4, 0.5) is 0 Å². The van der Waals surface area contributed by atoms with Crippen LogP contribution < -0.4 is 0 Å². The van der Waals surface area contributed by atoms with Crippen molar-refractivity contribution in [2.24, 2.45) is 0 Å². The fraction of sp³-hybridized carbons (Fsp3) is 0.357. The Kier molecular flexibility index (Phi) is 4.36. The van der Waals surface area contributed by atoms with Crippen LogP contribution in [0.25, 0.3) is 0 Å². The first-order chi connectivity index (χ1) is 8.77. The molecule has 0 saturated carbocycles. The van der Waals surface area contributed by atoms with Crippen molar-refractivity contribution < 1.29 is 0 Å². The van der Waals surface area contributed by atoms with Gasteiger partial charge in [0.25, 0.3) is 0 Å². The van der Waals surface area contributed by atoms with E-state index in [4.69, 9.17) is 0 Å². The molecule has 2 aromatic rings. The monoisotopic (exact) mass is 242 g/mol.